The Kier molecular flexibility index (Phi) is 8.66. The summed E-state index contributed by atoms with van der Waals surface area (Å²) in [4.78, 5) is 60.9. The molecule has 2 amide bonds. The second-order valence-corrected chi connectivity index (χ2v) is 11.0. The molecule has 6 rings (SSSR count). The van der Waals surface area contributed by atoms with Crippen molar-refractivity contribution >= 4 is 81.4 Å². The van der Waals surface area contributed by atoms with E-state index in [-0.39, 0.29) is 55.5 Å². The van der Waals surface area contributed by atoms with Crippen molar-refractivity contribution in [2.45, 2.75) is 0 Å². The summed E-state index contributed by atoms with van der Waals surface area (Å²) in [5.41, 5.74) is 0.535. The molecule has 0 fully saturated rings. The average Bonchev–Trinajstić information content (AvgIpc) is 3.60. The van der Waals surface area contributed by atoms with Gasteiger partial charge in [0.25, 0.3) is 23.2 Å². The molecule has 0 saturated carbocycles. The minimum absolute atomic E-state index is 0.0957. The molecule has 4 aromatic carbocycles. The molecule has 0 N–H and O–H groups in total. The second-order valence-electron chi connectivity index (χ2n) is 10.2. The number of amides is 2. The van der Waals surface area contributed by atoms with Crippen LogP contribution in [0.3, 0.4) is 0 Å². The zero-order valence-electron chi connectivity index (χ0n) is 24.5. The highest BCUT2D eigenvalue weighted by atomic mass is 32.1. The van der Waals surface area contributed by atoms with Gasteiger partial charge in [-0.05, 0) is 24.3 Å². The normalized spacial score (nSPS) is 15.9. The zero-order valence-corrected chi connectivity index (χ0v) is 26.1. The van der Waals surface area contributed by atoms with Crippen molar-refractivity contribution in [2.24, 2.45) is 9.98 Å². The molecule has 0 spiro atoms. The number of nitro benzene ring substituents is 2. The molecule has 12 nitrogen and oxygen atoms in total. The SMILES string of the molecule is O=C1C(=Cc2ccccc2[N+](=O)[O-])N=C(c2ccccc2)N1C(=S)C(=S)N1C(=O)C(=Cc2ccccc2[N+](=O)[O-])N=C1c1ccccc1. The molecule has 4 aromatic rings. The summed E-state index contributed by atoms with van der Waals surface area (Å²) in [5.74, 6) is -1.25. The van der Waals surface area contributed by atoms with Crippen molar-refractivity contribution in [1.82, 2.24) is 9.80 Å². The van der Waals surface area contributed by atoms with Crippen molar-refractivity contribution < 1.29 is 19.4 Å². The van der Waals surface area contributed by atoms with E-state index in [0.717, 1.165) is 9.80 Å². The highest BCUT2D eigenvalue weighted by molar-refractivity contribution is 7.89. The van der Waals surface area contributed by atoms with Gasteiger partial charge in [-0.2, -0.15) is 0 Å². The Balaban J connectivity index is 1.42. The van der Waals surface area contributed by atoms with Crippen LogP contribution in [-0.4, -0.2) is 53.1 Å². The van der Waals surface area contributed by atoms with Crippen LogP contribution in [0.2, 0.25) is 0 Å². The van der Waals surface area contributed by atoms with E-state index in [4.69, 9.17) is 24.4 Å². The van der Waals surface area contributed by atoms with E-state index in [2.05, 4.69) is 9.98 Å². The first-order valence-electron chi connectivity index (χ1n) is 14.1. The summed E-state index contributed by atoms with van der Waals surface area (Å²) in [6.45, 7) is 0. The Morgan fingerprint density at radius 3 is 1.25 bits per heavy atom. The third-order valence-electron chi connectivity index (χ3n) is 7.23. The van der Waals surface area contributed by atoms with E-state index in [1.54, 1.807) is 72.8 Å². The Labute approximate surface area is 283 Å². The van der Waals surface area contributed by atoms with Crippen LogP contribution in [0.4, 0.5) is 11.4 Å². The van der Waals surface area contributed by atoms with Crippen LogP contribution in [0, 0.1) is 20.2 Å². The Bertz CT molecular complexity index is 2030. The van der Waals surface area contributed by atoms with Gasteiger partial charge in [-0.25, -0.2) is 19.8 Å². The lowest BCUT2D eigenvalue weighted by molar-refractivity contribution is -0.385. The fraction of sp³-hybridized carbons (Fsp3) is 0. The lowest BCUT2D eigenvalue weighted by Gasteiger charge is -2.25. The molecule has 0 unspecified atom stereocenters. The van der Waals surface area contributed by atoms with Crippen LogP contribution in [0.15, 0.2) is 131 Å². The van der Waals surface area contributed by atoms with Gasteiger partial charge in [0.1, 0.15) is 23.1 Å². The van der Waals surface area contributed by atoms with Gasteiger partial charge in [-0.15, -0.1) is 0 Å². The number of carbonyl (C=O) groups is 2. The number of para-hydroxylation sites is 2. The van der Waals surface area contributed by atoms with Gasteiger partial charge in [0.05, 0.1) is 21.0 Å². The summed E-state index contributed by atoms with van der Waals surface area (Å²) >= 11 is 11.6. The van der Waals surface area contributed by atoms with Crippen LogP contribution in [0.1, 0.15) is 22.3 Å². The number of thiocarbonyl (C=S) groups is 2. The van der Waals surface area contributed by atoms with Crippen LogP contribution in [0.25, 0.3) is 12.2 Å². The highest BCUT2D eigenvalue weighted by Crippen LogP contribution is 2.30. The van der Waals surface area contributed by atoms with Gasteiger partial charge in [-0.3, -0.25) is 29.8 Å². The summed E-state index contributed by atoms with van der Waals surface area (Å²) in [7, 11) is 0. The Morgan fingerprint density at radius 2 is 0.896 bits per heavy atom. The molecule has 0 radical (unpaired) electrons. The van der Waals surface area contributed by atoms with Crippen molar-refractivity contribution in [3.05, 3.63) is 163 Å². The minimum Gasteiger partial charge on any atom is -0.266 e. The topological polar surface area (TPSA) is 152 Å². The monoisotopic (exact) mass is 672 g/mol. The van der Waals surface area contributed by atoms with Crippen molar-refractivity contribution in [3.8, 4) is 0 Å². The largest absolute Gasteiger partial charge is 0.283 e. The van der Waals surface area contributed by atoms with Crippen LogP contribution in [-0.2, 0) is 9.59 Å². The fourth-order valence-electron chi connectivity index (χ4n) is 5.01. The number of nitro groups is 2. The van der Waals surface area contributed by atoms with Crippen molar-refractivity contribution in [3.63, 3.8) is 0 Å². The standard InChI is InChI=1S/C34H20N6O6S2/c41-31-25(19-23-15-7-9-17-27(23)39(43)44)35-29(21-11-3-1-4-12-21)37(31)33(47)34(48)38-30(22-13-5-2-6-14-22)36-26(32(38)42)20-24-16-8-10-18-28(24)40(45)46/h1-20H. The highest BCUT2D eigenvalue weighted by Gasteiger charge is 2.41. The molecular formula is C34H20N6O6S2. The lowest BCUT2D eigenvalue weighted by Crippen LogP contribution is -2.49. The number of rotatable bonds is 6. The fourth-order valence-corrected chi connectivity index (χ4v) is 5.53. The molecule has 0 aromatic heterocycles. The molecule has 0 bridgehead atoms. The van der Waals surface area contributed by atoms with Gasteiger partial charge in [-0.1, -0.05) is 109 Å². The molecular weight excluding hydrogens is 653 g/mol. The van der Waals surface area contributed by atoms with E-state index in [9.17, 15) is 29.8 Å². The lowest BCUT2D eigenvalue weighted by atomic mass is 10.1. The van der Waals surface area contributed by atoms with Gasteiger partial charge < -0.3 is 0 Å². The molecule has 14 heteroatoms. The number of carbonyl (C=O) groups excluding carboxylic acids is 2. The first-order valence-corrected chi connectivity index (χ1v) is 14.9. The van der Waals surface area contributed by atoms with E-state index < -0.39 is 21.7 Å². The first kappa shape index (κ1) is 31.6. The van der Waals surface area contributed by atoms with Crippen LogP contribution in [0.5, 0.6) is 0 Å². The van der Waals surface area contributed by atoms with Gasteiger partial charge in [0.15, 0.2) is 9.98 Å². The maximum Gasteiger partial charge on any atom is 0.283 e. The Morgan fingerprint density at radius 1 is 0.562 bits per heavy atom. The maximum absolute atomic E-state index is 14.0. The zero-order chi connectivity index (χ0) is 33.9. The molecule has 0 atom stereocenters. The van der Waals surface area contributed by atoms with Gasteiger partial charge in [0, 0.05) is 23.3 Å². The predicted molar refractivity (Wildman–Crippen MR) is 187 cm³/mol. The number of aliphatic imine (C=N–C) groups is 2. The molecule has 2 aliphatic rings. The number of nitrogens with zero attached hydrogens (tertiary/aromatic N) is 6. The van der Waals surface area contributed by atoms with Crippen LogP contribution < -0.4 is 0 Å². The smallest absolute Gasteiger partial charge is 0.266 e. The number of benzene rings is 4. The number of hydrogen-bond donors (Lipinski definition) is 0. The molecule has 48 heavy (non-hydrogen) atoms. The van der Waals surface area contributed by atoms with Crippen molar-refractivity contribution in [2.75, 3.05) is 0 Å². The van der Waals surface area contributed by atoms with E-state index >= 15 is 0 Å². The third-order valence-corrected chi connectivity index (χ3v) is 8.11. The summed E-state index contributed by atoms with van der Waals surface area (Å²) in [5, 5.41) is 23.3. The molecule has 2 aliphatic heterocycles. The Hall–Kier alpha value is -6.38. The van der Waals surface area contributed by atoms with E-state index in [1.165, 1.54) is 48.6 Å². The van der Waals surface area contributed by atoms with E-state index in [0.29, 0.717) is 11.1 Å². The second kappa shape index (κ2) is 13.2. The third kappa shape index (κ3) is 5.95. The number of hydrogen-bond acceptors (Lipinski definition) is 10. The summed E-state index contributed by atoms with van der Waals surface area (Å²) in [6, 6.07) is 29.1. The average molecular weight is 673 g/mol. The van der Waals surface area contributed by atoms with Gasteiger partial charge >= 0.3 is 0 Å². The maximum atomic E-state index is 14.0. The molecule has 234 valence electrons. The number of amidine groups is 2. The summed E-state index contributed by atoms with van der Waals surface area (Å²) in [6.07, 6.45) is 2.58. The van der Waals surface area contributed by atoms with E-state index in [1.807, 2.05) is 0 Å². The summed E-state index contributed by atoms with van der Waals surface area (Å²) < 4.78 is 0. The quantitative estimate of drug-likeness (QED) is 0.103. The predicted octanol–water partition coefficient (Wildman–Crippen LogP) is 6.12. The molecule has 0 saturated heterocycles. The van der Waals surface area contributed by atoms with Gasteiger partial charge in [0.2, 0.25) is 0 Å². The van der Waals surface area contributed by atoms with Crippen molar-refractivity contribution in [1.29, 1.82) is 0 Å². The first-order chi connectivity index (χ1) is 23.2. The molecule has 0 aliphatic carbocycles. The minimum atomic E-state index is -0.722. The molecule has 2 heterocycles. The van der Waals surface area contributed by atoms with Crippen LogP contribution >= 0.6 is 24.4 Å².